The highest BCUT2D eigenvalue weighted by Gasteiger charge is 2.50. The Bertz CT molecular complexity index is 536. The van der Waals surface area contributed by atoms with Gasteiger partial charge in [-0.05, 0) is 30.0 Å². The summed E-state index contributed by atoms with van der Waals surface area (Å²) in [5.41, 5.74) is -1.15. The molecule has 1 aliphatic carbocycles. The molecule has 0 spiro atoms. The lowest BCUT2D eigenvalue weighted by atomic mass is 10.1. The maximum Gasteiger partial charge on any atom is 0.416 e. The number of carbonyl (C=O) groups is 1. The smallest absolute Gasteiger partial charge is 0.352 e. The summed E-state index contributed by atoms with van der Waals surface area (Å²) in [6, 6.07) is 2.18. The van der Waals surface area contributed by atoms with Crippen molar-refractivity contribution in [1.82, 2.24) is 5.32 Å². The van der Waals surface area contributed by atoms with Crippen molar-refractivity contribution < 1.29 is 22.4 Å². The molecule has 1 N–H and O–H groups in total. The molecule has 1 saturated carbocycles. The summed E-state index contributed by atoms with van der Waals surface area (Å²) in [6.45, 7) is 3.63. The average molecular weight is 289 g/mol. The molecule has 110 valence electrons. The van der Waals surface area contributed by atoms with E-state index < -0.39 is 17.6 Å². The Hall–Kier alpha value is -1.59. The third kappa shape index (κ3) is 3.11. The van der Waals surface area contributed by atoms with E-state index in [1.807, 2.05) is 13.8 Å². The van der Waals surface area contributed by atoms with Crippen LogP contribution in [0.3, 0.4) is 0 Å². The minimum Gasteiger partial charge on any atom is -0.352 e. The van der Waals surface area contributed by atoms with E-state index in [0.29, 0.717) is 6.07 Å². The van der Waals surface area contributed by atoms with Gasteiger partial charge in [0.15, 0.2) is 0 Å². The highest BCUT2D eigenvalue weighted by atomic mass is 19.4. The molecule has 2 nitrogen and oxygen atoms in total. The molecule has 0 aromatic heterocycles. The van der Waals surface area contributed by atoms with E-state index in [-0.39, 0.29) is 29.3 Å². The number of hydrogen-bond donors (Lipinski definition) is 1. The van der Waals surface area contributed by atoms with E-state index in [4.69, 9.17) is 0 Å². The number of halogens is 4. The molecule has 1 amide bonds. The molecular weight excluding hydrogens is 274 g/mol. The highest BCUT2D eigenvalue weighted by Crippen LogP contribution is 2.51. The fraction of sp³-hybridized carbons (Fsp3) is 0.500. The number of nitrogens with one attached hydrogen (secondary N) is 1. The number of rotatable bonds is 3. The van der Waals surface area contributed by atoms with Gasteiger partial charge in [-0.1, -0.05) is 13.8 Å². The van der Waals surface area contributed by atoms with Gasteiger partial charge >= 0.3 is 6.18 Å². The zero-order chi connectivity index (χ0) is 15.1. The molecular formula is C14H15F4NO. The van der Waals surface area contributed by atoms with E-state index >= 15 is 0 Å². The Morgan fingerprint density at radius 3 is 2.50 bits per heavy atom. The van der Waals surface area contributed by atoms with Crippen molar-refractivity contribution in [3.8, 4) is 0 Å². The van der Waals surface area contributed by atoms with Gasteiger partial charge < -0.3 is 5.32 Å². The van der Waals surface area contributed by atoms with E-state index in [1.165, 1.54) is 0 Å². The first-order valence-corrected chi connectivity index (χ1v) is 6.24. The van der Waals surface area contributed by atoms with Crippen molar-refractivity contribution in [3.05, 3.63) is 35.1 Å². The third-order valence-corrected chi connectivity index (χ3v) is 3.66. The van der Waals surface area contributed by atoms with E-state index in [0.717, 1.165) is 18.6 Å². The van der Waals surface area contributed by atoms with Crippen molar-refractivity contribution in [2.75, 3.05) is 0 Å². The zero-order valence-electron chi connectivity index (χ0n) is 11.1. The summed E-state index contributed by atoms with van der Waals surface area (Å²) in [5.74, 6) is -1.14. The minimum atomic E-state index is -4.52. The van der Waals surface area contributed by atoms with Crippen LogP contribution in [0.5, 0.6) is 0 Å². The predicted octanol–water partition coefficient (Wildman–Crippen LogP) is 3.51. The Balaban J connectivity index is 2.04. The summed E-state index contributed by atoms with van der Waals surface area (Å²) in [5, 5.41) is 2.49. The first-order valence-electron chi connectivity index (χ1n) is 6.24. The fourth-order valence-corrected chi connectivity index (χ4v) is 2.11. The summed E-state index contributed by atoms with van der Waals surface area (Å²) < 4.78 is 51.0. The maximum atomic E-state index is 13.5. The predicted molar refractivity (Wildman–Crippen MR) is 65.1 cm³/mol. The first kappa shape index (κ1) is 14.8. The number of benzene rings is 1. The van der Waals surface area contributed by atoms with Gasteiger partial charge in [-0.25, -0.2) is 4.39 Å². The molecule has 1 aromatic carbocycles. The third-order valence-electron chi connectivity index (χ3n) is 3.66. The number of carbonyl (C=O) groups excluding carboxylic acids is 1. The van der Waals surface area contributed by atoms with Gasteiger partial charge in [0.1, 0.15) is 5.82 Å². The van der Waals surface area contributed by atoms with Gasteiger partial charge in [0.25, 0.3) is 0 Å². The maximum absolute atomic E-state index is 13.5. The topological polar surface area (TPSA) is 29.1 Å². The lowest BCUT2D eigenvalue weighted by molar-refractivity contribution is -0.137. The number of alkyl halides is 3. The van der Waals surface area contributed by atoms with Crippen molar-refractivity contribution in [2.24, 2.45) is 11.3 Å². The first-order chi connectivity index (χ1) is 9.11. The molecule has 1 atom stereocenters. The van der Waals surface area contributed by atoms with E-state index in [2.05, 4.69) is 5.32 Å². The van der Waals surface area contributed by atoms with Crippen LogP contribution < -0.4 is 5.32 Å². The molecule has 20 heavy (non-hydrogen) atoms. The van der Waals surface area contributed by atoms with Crippen LogP contribution in [0, 0.1) is 17.2 Å². The van der Waals surface area contributed by atoms with Crippen LogP contribution in [-0.2, 0) is 17.5 Å². The Kier molecular flexibility index (Phi) is 3.52. The summed E-state index contributed by atoms with van der Waals surface area (Å²) in [4.78, 5) is 11.7. The largest absolute Gasteiger partial charge is 0.416 e. The van der Waals surface area contributed by atoms with E-state index in [9.17, 15) is 22.4 Å². The zero-order valence-corrected chi connectivity index (χ0v) is 11.1. The van der Waals surface area contributed by atoms with Crippen LogP contribution in [-0.4, -0.2) is 5.91 Å². The fourth-order valence-electron chi connectivity index (χ4n) is 2.11. The van der Waals surface area contributed by atoms with Gasteiger partial charge in [0.2, 0.25) is 5.91 Å². The van der Waals surface area contributed by atoms with E-state index in [1.54, 1.807) is 0 Å². The Labute approximate surface area is 114 Å². The average Bonchev–Trinajstić information content (AvgIpc) is 2.95. The van der Waals surface area contributed by atoms with Gasteiger partial charge in [-0.15, -0.1) is 0 Å². The van der Waals surface area contributed by atoms with Crippen molar-refractivity contribution in [1.29, 1.82) is 0 Å². The van der Waals surface area contributed by atoms with Crippen LogP contribution in [0.2, 0.25) is 0 Å². The van der Waals surface area contributed by atoms with Crippen LogP contribution in [0.15, 0.2) is 18.2 Å². The minimum absolute atomic E-state index is 0.0730. The van der Waals surface area contributed by atoms with Crippen molar-refractivity contribution in [2.45, 2.75) is 33.0 Å². The Morgan fingerprint density at radius 2 is 2.00 bits per heavy atom. The van der Waals surface area contributed by atoms with Gasteiger partial charge in [-0.3, -0.25) is 4.79 Å². The second-order valence-corrected chi connectivity index (χ2v) is 5.77. The molecule has 6 heteroatoms. The molecule has 0 bridgehead atoms. The summed E-state index contributed by atoms with van der Waals surface area (Å²) in [7, 11) is 0. The van der Waals surface area contributed by atoms with Crippen LogP contribution in [0.4, 0.5) is 17.6 Å². The van der Waals surface area contributed by atoms with Crippen molar-refractivity contribution in [3.63, 3.8) is 0 Å². The van der Waals surface area contributed by atoms with Crippen LogP contribution in [0.1, 0.15) is 31.4 Å². The lowest BCUT2D eigenvalue weighted by Gasteiger charge is -2.11. The van der Waals surface area contributed by atoms with Crippen molar-refractivity contribution >= 4 is 5.91 Å². The summed E-state index contributed by atoms with van der Waals surface area (Å²) >= 11 is 0. The Morgan fingerprint density at radius 1 is 1.40 bits per heavy atom. The quantitative estimate of drug-likeness (QED) is 0.848. The molecule has 1 fully saturated rings. The standard InChI is InChI=1S/C14H15F4NO/c1-13(2)6-10(13)12(20)19-7-8-5-9(14(16,17)18)3-4-11(8)15/h3-5,10H,6-7H2,1-2H3,(H,19,20). The normalized spacial score (nSPS) is 20.6. The molecule has 0 radical (unpaired) electrons. The lowest BCUT2D eigenvalue weighted by Crippen LogP contribution is -2.26. The molecule has 0 saturated heterocycles. The SMILES string of the molecule is CC1(C)CC1C(=O)NCc1cc(C(F)(F)F)ccc1F. The monoisotopic (exact) mass is 289 g/mol. The van der Waals surface area contributed by atoms with Gasteiger partial charge in [0.05, 0.1) is 5.56 Å². The molecule has 1 aliphatic rings. The molecule has 0 heterocycles. The second-order valence-electron chi connectivity index (χ2n) is 5.77. The molecule has 1 aromatic rings. The molecule has 0 aliphatic heterocycles. The number of amides is 1. The molecule has 1 unspecified atom stereocenters. The molecule has 2 rings (SSSR count). The highest BCUT2D eigenvalue weighted by molar-refractivity contribution is 5.82. The van der Waals surface area contributed by atoms with Crippen LogP contribution in [0.25, 0.3) is 0 Å². The number of hydrogen-bond acceptors (Lipinski definition) is 1. The van der Waals surface area contributed by atoms with Gasteiger partial charge in [0, 0.05) is 18.0 Å². The summed E-state index contributed by atoms with van der Waals surface area (Å²) in [6.07, 6.45) is -3.78. The van der Waals surface area contributed by atoms with Crippen LogP contribution >= 0.6 is 0 Å². The second kappa shape index (κ2) is 4.75. The van der Waals surface area contributed by atoms with Gasteiger partial charge in [-0.2, -0.15) is 13.2 Å².